The van der Waals surface area contributed by atoms with Gasteiger partial charge in [0.2, 0.25) is 0 Å². The van der Waals surface area contributed by atoms with Crippen LogP contribution in [-0.2, 0) is 16.6 Å². The van der Waals surface area contributed by atoms with Gasteiger partial charge in [0, 0.05) is 22.6 Å². The highest BCUT2D eigenvalue weighted by Crippen LogP contribution is 2.24. The highest BCUT2D eigenvalue weighted by Gasteiger charge is 2.28. The van der Waals surface area contributed by atoms with Gasteiger partial charge in [-0.1, -0.05) is 56.0 Å². The van der Waals surface area contributed by atoms with Gasteiger partial charge in [-0.3, -0.25) is 4.21 Å². The van der Waals surface area contributed by atoms with E-state index in [0.717, 1.165) is 19.4 Å². The van der Waals surface area contributed by atoms with Crippen LogP contribution in [0.25, 0.3) is 0 Å². The SMILES string of the molecule is CCCNC1CCCCCC1S(=O)Cc1cccc(C)c1. The van der Waals surface area contributed by atoms with E-state index in [2.05, 4.69) is 43.4 Å². The molecular formula is C18H29NOS. The van der Waals surface area contributed by atoms with Crippen LogP contribution in [0.4, 0.5) is 0 Å². The van der Waals surface area contributed by atoms with Crippen molar-refractivity contribution in [1.29, 1.82) is 0 Å². The maximum absolute atomic E-state index is 12.9. The van der Waals surface area contributed by atoms with Gasteiger partial charge in [-0.25, -0.2) is 0 Å². The Morgan fingerprint density at radius 1 is 1.24 bits per heavy atom. The lowest BCUT2D eigenvalue weighted by molar-refractivity contribution is 0.462. The first kappa shape index (κ1) is 16.7. The molecule has 21 heavy (non-hydrogen) atoms. The maximum atomic E-state index is 12.9. The number of rotatable bonds is 6. The molecule has 1 N–H and O–H groups in total. The van der Waals surface area contributed by atoms with Gasteiger partial charge in [0.1, 0.15) is 0 Å². The summed E-state index contributed by atoms with van der Waals surface area (Å²) < 4.78 is 12.9. The van der Waals surface area contributed by atoms with Crippen molar-refractivity contribution in [2.24, 2.45) is 0 Å². The topological polar surface area (TPSA) is 29.1 Å². The molecule has 3 atom stereocenters. The van der Waals surface area contributed by atoms with E-state index in [1.807, 2.05) is 0 Å². The first-order valence-electron chi connectivity index (χ1n) is 8.37. The van der Waals surface area contributed by atoms with Crippen molar-refractivity contribution in [3.8, 4) is 0 Å². The van der Waals surface area contributed by atoms with Gasteiger partial charge in [0.15, 0.2) is 0 Å². The summed E-state index contributed by atoms with van der Waals surface area (Å²) in [6.07, 6.45) is 7.24. The molecule has 0 aromatic heterocycles. The van der Waals surface area contributed by atoms with Crippen molar-refractivity contribution in [2.75, 3.05) is 6.54 Å². The van der Waals surface area contributed by atoms with E-state index in [1.165, 1.54) is 36.8 Å². The van der Waals surface area contributed by atoms with Gasteiger partial charge >= 0.3 is 0 Å². The minimum absolute atomic E-state index is 0.319. The molecule has 2 nitrogen and oxygen atoms in total. The number of aryl methyl sites for hydroxylation is 1. The van der Waals surface area contributed by atoms with Crippen LogP contribution in [0.5, 0.6) is 0 Å². The van der Waals surface area contributed by atoms with Crippen molar-refractivity contribution in [1.82, 2.24) is 5.32 Å². The van der Waals surface area contributed by atoms with Crippen molar-refractivity contribution in [3.05, 3.63) is 35.4 Å². The normalized spacial score (nSPS) is 24.5. The van der Waals surface area contributed by atoms with E-state index in [4.69, 9.17) is 0 Å². The molecule has 0 spiro atoms. The van der Waals surface area contributed by atoms with E-state index in [1.54, 1.807) is 0 Å². The Morgan fingerprint density at radius 2 is 2.05 bits per heavy atom. The van der Waals surface area contributed by atoms with Gasteiger partial charge < -0.3 is 5.32 Å². The third-order valence-electron chi connectivity index (χ3n) is 4.34. The van der Waals surface area contributed by atoms with Crippen molar-refractivity contribution >= 4 is 10.8 Å². The maximum Gasteiger partial charge on any atom is 0.0504 e. The zero-order chi connectivity index (χ0) is 15.1. The second-order valence-corrected chi connectivity index (χ2v) is 7.91. The van der Waals surface area contributed by atoms with E-state index < -0.39 is 10.8 Å². The predicted octanol–water partition coefficient (Wildman–Crippen LogP) is 3.94. The van der Waals surface area contributed by atoms with Crippen LogP contribution in [0.2, 0.25) is 0 Å². The average molecular weight is 308 g/mol. The highest BCUT2D eigenvalue weighted by molar-refractivity contribution is 7.84. The zero-order valence-electron chi connectivity index (χ0n) is 13.4. The van der Waals surface area contributed by atoms with E-state index in [9.17, 15) is 4.21 Å². The van der Waals surface area contributed by atoms with Gasteiger partial charge in [-0.15, -0.1) is 0 Å². The first-order valence-corrected chi connectivity index (χ1v) is 9.75. The number of benzene rings is 1. The zero-order valence-corrected chi connectivity index (χ0v) is 14.3. The molecule has 2 rings (SSSR count). The Morgan fingerprint density at radius 3 is 2.81 bits per heavy atom. The minimum atomic E-state index is -0.773. The smallest absolute Gasteiger partial charge is 0.0504 e. The van der Waals surface area contributed by atoms with Crippen LogP contribution in [-0.4, -0.2) is 22.0 Å². The molecule has 1 aromatic carbocycles. The summed E-state index contributed by atoms with van der Waals surface area (Å²) in [4.78, 5) is 0. The minimum Gasteiger partial charge on any atom is -0.313 e. The van der Waals surface area contributed by atoms with Crippen molar-refractivity contribution in [2.45, 2.75) is 69.4 Å². The molecule has 1 aliphatic carbocycles. The monoisotopic (exact) mass is 307 g/mol. The molecule has 118 valence electrons. The van der Waals surface area contributed by atoms with E-state index >= 15 is 0 Å². The van der Waals surface area contributed by atoms with Gasteiger partial charge in [-0.2, -0.15) is 0 Å². The molecule has 1 fully saturated rings. The lowest BCUT2D eigenvalue weighted by Gasteiger charge is -2.25. The van der Waals surface area contributed by atoms with Crippen molar-refractivity contribution < 1.29 is 4.21 Å². The fraction of sp³-hybridized carbons (Fsp3) is 0.667. The summed E-state index contributed by atoms with van der Waals surface area (Å²) in [7, 11) is -0.773. The molecule has 3 heteroatoms. The van der Waals surface area contributed by atoms with E-state index in [0.29, 0.717) is 17.0 Å². The average Bonchev–Trinajstić information content (AvgIpc) is 2.70. The molecule has 1 saturated carbocycles. The van der Waals surface area contributed by atoms with Crippen LogP contribution in [0, 0.1) is 6.92 Å². The fourth-order valence-corrected chi connectivity index (χ4v) is 4.98. The molecule has 1 aromatic rings. The van der Waals surface area contributed by atoms with Crippen LogP contribution in [0.3, 0.4) is 0 Å². The second kappa shape index (κ2) is 8.70. The lowest BCUT2D eigenvalue weighted by atomic mass is 10.1. The molecule has 0 amide bonds. The Bertz CT molecular complexity index is 460. The quantitative estimate of drug-likeness (QED) is 0.806. The summed E-state index contributed by atoms with van der Waals surface area (Å²) in [5, 5.41) is 3.97. The summed E-state index contributed by atoms with van der Waals surface area (Å²) in [5.74, 6) is 0.705. The molecule has 0 saturated heterocycles. The Balaban J connectivity index is 2.02. The van der Waals surface area contributed by atoms with E-state index in [-0.39, 0.29) is 0 Å². The van der Waals surface area contributed by atoms with Gasteiger partial charge in [0.25, 0.3) is 0 Å². The Kier molecular flexibility index (Phi) is 6.91. The predicted molar refractivity (Wildman–Crippen MR) is 92.0 cm³/mol. The third-order valence-corrected chi connectivity index (χ3v) is 6.20. The number of hydrogen-bond acceptors (Lipinski definition) is 2. The standard InChI is InChI=1S/C18H29NOS/c1-3-12-19-17-10-5-4-6-11-18(17)21(20)14-16-9-7-8-15(2)13-16/h7-9,13,17-19H,3-6,10-12,14H2,1-2H3. The summed E-state index contributed by atoms with van der Waals surface area (Å²) in [6, 6.07) is 8.89. The second-order valence-electron chi connectivity index (χ2n) is 6.25. The molecule has 0 aliphatic heterocycles. The molecule has 1 aliphatic rings. The number of nitrogens with one attached hydrogen (secondary N) is 1. The summed E-state index contributed by atoms with van der Waals surface area (Å²) in [6.45, 7) is 5.34. The Labute approximate surface area is 132 Å². The highest BCUT2D eigenvalue weighted by atomic mass is 32.2. The largest absolute Gasteiger partial charge is 0.313 e. The fourth-order valence-electron chi connectivity index (χ4n) is 3.22. The molecular weight excluding hydrogens is 278 g/mol. The molecule has 0 radical (unpaired) electrons. The van der Waals surface area contributed by atoms with Gasteiger partial charge in [0.05, 0.1) is 5.25 Å². The molecule has 0 bridgehead atoms. The lowest BCUT2D eigenvalue weighted by Crippen LogP contribution is -2.42. The first-order chi connectivity index (χ1) is 10.2. The van der Waals surface area contributed by atoms with Crippen LogP contribution >= 0.6 is 0 Å². The molecule has 0 heterocycles. The summed E-state index contributed by atoms with van der Waals surface area (Å²) in [5.41, 5.74) is 2.47. The van der Waals surface area contributed by atoms with Crippen molar-refractivity contribution in [3.63, 3.8) is 0 Å². The third kappa shape index (κ3) is 5.23. The Hall–Kier alpha value is -0.670. The number of hydrogen-bond donors (Lipinski definition) is 1. The van der Waals surface area contributed by atoms with Crippen LogP contribution in [0.1, 0.15) is 56.6 Å². The summed E-state index contributed by atoms with van der Waals surface area (Å²) >= 11 is 0. The molecule has 3 unspecified atom stereocenters. The van der Waals surface area contributed by atoms with Gasteiger partial charge in [-0.05, 0) is 38.3 Å². The van der Waals surface area contributed by atoms with Crippen LogP contribution in [0.15, 0.2) is 24.3 Å². The van der Waals surface area contributed by atoms with Crippen LogP contribution < -0.4 is 5.32 Å².